The summed E-state index contributed by atoms with van der Waals surface area (Å²) in [7, 11) is 0. The zero-order valence-corrected chi connectivity index (χ0v) is 15.2. The monoisotopic (exact) mass is 338 g/mol. The van der Waals surface area contributed by atoms with E-state index in [9.17, 15) is 4.79 Å². The number of hydrogen-bond acceptors (Lipinski definition) is 4. The molecule has 1 aromatic carbocycles. The van der Waals surface area contributed by atoms with Gasteiger partial charge in [0.15, 0.2) is 0 Å². The second kappa shape index (κ2) is 7.64. The van der Waals surface area contributed by atoms with E-state index in [0.29, 0.717) is 11.5 Å². The van der Waals surface area contributed by atoms with Gasteiger partial charge in [-0.3, -0.25) is 4.79 Å². The lowest BCUT2D eigenvalue weighted by atomic mass is 9.99. The molecule has 2 aromatic rings. The van der Waals surface area contributed by atoms with Crippen LogP contribution in [0.4, 0.5) is 11.5 Å². The number of piperidine rings is 1. The van der Waals surface area contributed by atoms with Crippen LogP contribution in [0.25, 0.3) is 0 Å². The van der Waals surface area contributed by atoms with Crippen LogP contribution in [0.2, 0.25) is 0 Å². The van der Waals surface area contributed by atoms with Crippen LogP contribution in [0, 0.1) is 12.8 Å². The summed E-state index contributed by atoms with van der Waals surface area (Å²) in [5, 5.41) is 2.93. The second-order valence-electron chi connectivity index (χ2n) is 6.83. The second-order valence-corrected chi connectivity index (χ2v) is 6.83. The smallest absolute Gasteiger partial charge is 0.274 e. The number of hydrogen-bond donors (Lipinski definition) is 1. The number of nitrogens with zero attached hydrogens (tertiary/aromatic N) is 3. The zero-order valence-electron chi connectivity index (χ0n) is 15.2. The van der Waals surface area contributed by atoms with Crippen LogP contribution >= 0.6 is 0 Å². The number of nitrogens with one attached hydrogen (secondary N) is 1. The number of rotatable bonds is 4. The number of anilines is 2. The van der Waals surface area contributed by atoms with Crippen LogP contribution in [-0.2, 0) is 6.42 Å². The minimum Gasteiger partial charge on any atom is -0.356 e. The third-order valence-electron chi connectivity index (χ3n) is 4.78. The molecule has 0 aliphatic carbocycles. The first-order valence-electron chi connectivity index (χ1n) is 9.06. The third kappa shape index (κ3) is 4.35. The zero-order chi connectivity index (χ0) is 17.8. The molecule has 1 fully saturated rings. The summed E-state index contributed by atoms with van der Waals surface area (Å²) in [6, 6.07) is 9.72. The van der Waals surface area contributed by atoms with Crippen molar-refractivity contribution in [1.29, 1.82) is 0 Å². The molecule has 1 aliphatic rings. The van der Waals surface area contributed by atoms with Crippen LogP contribution in [0.5, 0.6) is 0 Å². The van der Waals surface area contributed by atoms with E-state index in [1.165, 1.54) is 5.56 Å². The Labute approximate surface area is 149 Å². The average Bonchev–Trinajstić information content (AvgIpc) is 2.62. The quantitative estimate of drug-likeness (QED) is 0.920. The molecular weight excluding hydrogens is 312 g/mol. The summed E-state index contributed by atoms with van der Waals surface area (Å²) < 4.78 is 0. The van der Waals surface area contributed by atoms with E-state index in [4.69, 9.17) is 0 Å². The van der Waals surface area contributed by atoms with Crippen LogP contribution < -0.4 is 10.2 Å². The Bertz CT molecular complexity index is 734. The van der Waals surface area contributed by atoms with E-state index in [0.717, 1.165) is 49.8 Å². The summed E-state index contributed by atoms with van der Waals surface area (Å²) >= 11 is 0. The highest BCUT2D eigenvalue weighted by Gasteiger charge is 2.19. The highest BCUT2D eigenvalue weighted by Crippen LogP contribution is 2.22. The van der Waals surface area contributed by atoms with E-state index < -0.39 is 0 Å². The van der Waals surface area contributed by atoms with Gasteiger partial charge in [0.25, 0.3) is 5.91 Å². The molecule has 2 heterocycles. The molecule has 0 saturated carbocycles. The molecule has 0 spiro atoms. The molecule has 1 saturated heterocycles. The fraction of sp³-hybridized carbons (Fsp3) is 0.450. The molecule has 5 nitrogen and oxygen atoms in total. The Kier molecular flexibility index (Phi) is 5.31. The molecule has 1 aromatic heterocycles. The van der Waals surface area contributed by atoms with Crippen molar-refractivity contribution in [2.75, 3.05) is 23.3 Å². The summed E-state index contributed by atoms with van der Waals surface area (Å²) in [4.78, 5) is 23.7. The minimum atomic E-state index is -0.193. The molecule has 3 rings (SSSR count). The predicted molar refractivity (Wildman–Crippen MR) is 101 cm³/mol. The number of carbonyl (C=O) groups is 1. The number of benzene rings is 1. The van der Waals surface area contributed by atoms with Gasteiger partial charge in [-0.15, -0.1) is 0 Å². The van der Waals surface area contributed by atoms with Crippen molar-refractivity contribution in [2.45, 2.75) is 40.0 Å². The van der Waals surface area contributed by atoms with Crippen molar-refractivity contribution < 1.29 is 4.79 Å². The lowest BCUT2D eigenvalue weighted by molar-refractivity contribution is 0.102. The third-order valence-corrected chi connectivity index (χ3v) is 4.78. The van der Waals surface area contributed by atoms with Gasteiger partial charge in [0.2, 0.25) is 0 Å². The normalized spacial score (nSPS) is 15.2. The van der Waals surface area contributed by atoms with Gasteiger partial charge in [0.1, 0.15) is 17.3 Å². The van der Waals surface area contributed by atoms with Crippen LogP contribution in [0.15, 0.2) is 30.3 Å². The van der Waals surface area contributed by atoms with Crippen LogP contribution in [0.1, 0.15) is 48.6 Å². The Balaban J connectivity index is 1.75. The Morgan fingerprint density at radius 2 is 1.88 bits per heavy atom. The number of aryl methyl sites for hydroxylation is 2. The molecule has 132 valence electrons. The molecule has 1 amide bonds. The first-order valence-corrected chi connectivity index (χ1v) is 9.06. The molecule has 25 heavy (non-hydrogen) atoms. The van der Waals surface area contributed by atoms with Crippen molar-refractivity contribution >= 4 is 17.4 Å². The molecule has 1 N–H and O–H groups in total. The van der Waals surface area contributed by atoms with Crippen molar-refractivity contribution in [3.8, 4) is 0 Å². The Hall–Kier alpha value is -2.43. The van der Waals surface area contributed by atoms with E-state index in [1.54, 1.807) is 6.07 Å². The fourth-order valence-corrected chi connectivity index (χ4v) is 3.09. The molecule has 0 unspecified atom stereocenters. The lowest BCUT2D eigenvalue weighted by Crippen LogP contribution is -2.34. The first kappa shape index (κ1) is 17.4. The van der Waals surface area contributed by atoms with E-state index >= 15 is 0 Å². The lowest BCUT2D eigenvalue weighted by Gasteiger charge is -2.31. The summed E-state index contributed by atoms with van der Waals surface area (Å²) in [5.74, 6) is 2.04. The summed E-state index contributed by atoms with van der Waals surface area (Å²) in [6.45, 7) is 8.20. The van der Waals surface area contributed by atoms with E-state index in [-0.39, 0.29) is 5.91 Å². The maximum atomic E-state index is 12.6. The average molecular weight is 338 g/mol. The van der Waals surface area contributed by atoms with Crippen molar-refractivity contribution in [3.05, 3.63) is 47.4 Å². The van der Waals surface area contributed by atoms with Crippen molar-refractivity contribution in [1.82, 2.24) is 9.97 Å². The highest BCUT2D eigenvalue weighted by atomic mass is 16.1. The molecule has 5 heteroatoms. The Morgan fingerprint density at radius 3 is 2.52 bits per heavy atom. The van der Waals surface area contributed by atoms with Gasteiger partial charge in [-0.25, -0.2) is 9.97 Å². The van der Waals surface area contributed by atoms with Gasteiger partial charge in [0, 0.05) is 24.8 Å². The maximum Gasteiger partial charge on any atom is 0.274 e. The van der Waals surface area contributed by atoms with E-state index in [1.807, 2.05) is 31.2 Å². The van der Waals surface area contributed by atoms with E-state index in [2.05, 4.69) is 34.0 Å². The van der Waals surface area contributed by atoms with Crippen LogP contribution in [0.3, 0.4) is 0 Å². The van der Waals surface area contributed by atoms with Gasteiger partial charge in [0.05, 0.1) is 0 Å². The van der Waals surface area contributed by atoms with Crippen LogP contribution in [-0.4, -0.2) is 29.0 Å². The van der Waals surface area contributed by atoms with Crippen molar-refractivity contribution in [3.63, 3.8) is 0 Å². The summed E-state index contributed by atoms with van der Waals surface area (Å²) in [5.41, 5.74) is 2.45. The van der Waals surface area contributed by atoms with Crippen molar-refractivity contribution in [2.24, 2.45) is 5.92 Å². The molecular formula is C20H26N4O. The van der Waals surface area contributed by atoms with Gasteiger partial charge >= 0.3 is 0 Å². The largest absolute Gasteiger partial charge is 0.356 e. The predicted octanol–water partition coefficient (Wildman–Crippen LogP) is 3.84. The van der Waals surface area contributed by atoms with Gasteiger partial charge in [-0.2, -0.15) is 0 Å². The molecule has 1 aliphatic heterocycles. The molecule has 0 atom stereocenters. The number of aromatic nitrogens is 2. The molecule has 0 bridgehead atoms. The maximum absolute atomic E-state index is 12.6. The topological polar surface area (TPSA) is 58.1 Å². The fourth-order valence-electron chi connectivity index (χ4n) is 3.09. The first-order chi connectivity index (χ1) is 12.0. The minimum absolute atomic E-state index is 0.193. The number of carbonyl (C=O) groups excluding carboxylic acids is 1. The Morgan fingerprint density at radius 1 is 1.20 bits per heavy atom. The van der Waals surface area contributed by atoms with Gasteiger partial charge in [-0.05, 0) is 49.8 Å². The SMILES string of the molecule is CCc1ccc(NC(=O)c2cc(N3CCC(C)CC3)nc(C)n2)cc1. The number of amides is 1. The highest BCUT2D eigenvalue weighted by molar-refractivity contribution is 6.03. The standard InChI is InChI=1S/C20H26N4O/c1-4-16-5-7-17(8-6-16)23-20(25)18-13-19(22-15(3)21-18)24-11-9-14(2)10-12-24/h5-8,13-14H,4,9-12H2,1-3H3,(H,23,25). The van der Waals surface area contributed by atoms with Gasteiger partial charge in [-0.1, -0.05) is 26.0 Å². The molecule has 0 radical (unpaired) electrons. The van der Waals surface area contributed by atoms with Gasteiger partial charge < -0.3 is 10.2 Å². The summed E-state index contributed by atoms with van der Waals surface area (Å²) in [6.07, 6.45) is 3.31.